The van der Waals surface area contributed by atoms with Crippen molar-refractivity contribution in [2.24, 2.45) is 11.8 Å². The summed E-state index contributed by atoms with van der Waals surface area (Å²) in [5, 5.41) is 11.7. The Hall–Kier alpha value is -2.02. The number of amides is 1. The van der Waals surface area contributed by atoms with Gasteiger partial charge in [0.15, 0.2) is 0 Å². The lowest BCUT2D eigenvalue weighted by Gasteiger charge is -2.22. The fraction of sp³-hybridized carbons (Fsp3) is 0.526. The quantitative estimate of drug-likeness (QED) is 0.748. The molecule has 1 amide bonds. The predicted molar refractivity (Wildman–Crippen MR) is 99.0 cm³/mol. The second-order valence-electron chi connectivity index (χ2n) is 6.94. The van der Waals surface area contributed by atoms with Crippen molar-refractivity contribution in [3.63, 3.8) is 0 Å². The molecule has 2 saturated carbocycles. The Morgan fingerprint density at radius 2 is 2.19 bits per heavy atom. The zero-order valence-electron chi connectivity index (χ0n) is 14.8. The average Bonchev–Trinajstić information content (AvgIpc) is 3.38. The number of fused-ring (bicyclic) bond motifs is 2. The van der Waals surface area contributed by atoms with Gasteiger partial charge in [0.05, 0.1) is 17.9 Å². The number of nitrogens with zero attached hydrogens (tertiary/aromatic N) is 2. The summed E-state index contributed by atoms with van der Waals surface area (Å²) in [5.74, 6) is 2.96. The summed E-state index contributed by atoms with van der Waals surface area (Å²) in [5.41, 5.74) is 0.764. The highest BCUT2D eigenvalue weighted by molar-refractivity contribution is 7.99. The van der Waals surface area contributed by atoms with Crippen molar-refractivity contribution in [3.05, 3.63) is 24.3 Å². The van der Waals surface area contributed by atoms with E-state index in [-0.39, 0.29) is 5.91 Å². The summed E-state index contributed by atoms with van der Waals surface area (Å²) >= 11 is 1.27. The van der Waals surface area contributed by atoms with E-state index in [9.17, 15) is 4.79 Å². The molecule has 1 heterocycles. The number of thioether (sulfide) groups is 1. The highest BCUT2D eigenvalue weighted by Crippen LogP contribution is 2.44. The van der Waals surface area contributed by atoms with Crippen molar-refractivity contribution in [1.82, 2.24) is 15.5 Å². The average molecular weight is 373 g/mol. The van der Waals surface area contributed by atoms with E-state index >= 15 is 0 Å². The molecule has 1 aromatic carbocycles. The van der Waals surface area contributed by atoms with Crippen molar-refractivity contribution in [2.45, 2.75) is 43.9 Å². The minimum absolute atomic E-state index is 0.0435. The Kier molecular flexibility index (Phi) is 5.15. The van der Waals surface area contributed by atoms with Crippen molar-refractivity contribution in [3.8, 4) is 17.2 Å². The maximum atomic E-state index is 12.2. The number of nitrogens with one attached hydrogen (secondary N) is 1. The first-order valence-electron chi connectivity index (χ1n) is 9.20. The van der Waals surface area contributed by atoms with E-state index in [0.29, 0.717) is 41.2 Å². The molecule has 2 aromatic rings. The van der Waals surface area contributed by atoms with E-state index in [1.165, 1.54) is 31.0 Å². The molecule has 26 heavy (non-hydrogen) atoms. The van der Waals surface area contributed by atoms with Gasteiger partial charge < -0.3 is 14.5 Å². The van der Waals surface area contributed by atoms with Crippen molar-refractivity contribution in [1.29, 1.82) is 0 Å². The zero-order valence-corrected chi connectivity index (χ0v) is 15.6. The molecule has 7 heteroatoms. The van der Waals surface area contributed by atoms with E-state index in [1.807, 2.05) is 31.2 Å². The molecule has 138 valence electrons. The maximum Gasteiger partial charge on any atom is 0.277 e. The number of hydrogen-bond acceptors (Lipinski definition) is 6. The molecule has 2 aliphatic carbocycles. The number of benzene rings is 1. The molecule has 0 aliphatic heterocycles. The first-order chi connectivity index (χ1) is 12.7. The standard InChI is InChI=1S/C19H23N3O3S/c1-2-24-16-6-4-3-5-14(16)18-21-22-19(25-18)26-11-17(23)20-15-10-12-7-8-13(15)9-12/h3-6,12-13,15H,2,7-11H2,1H3,(H,20,23)/t12-,13-,15-/m0/s1. The molecule has 1 N–H and O–H groups in total. The molecule has 0 unspecified atom stereocenters. The smallest absolute Gasteiger partial charge is 0.277 e. The van der Waals surface area contributed by atoms with Crippen LogP contribution in [-0.4, -0.2) is 34.5 Å². The van der Waals surface area contributed by atoms with Gasteiger partial charge in [-0.15, -0.1) is 10.2 Å². The maximum absolute atomic E-state index is 12.2. The van der Waals surface area contributed by atoms with E-state index in [2.05, 4.69) is 15.5 Å². The number of ether oxygens (including phenoxy) is 1. The molecule has 2 aliphatic rings. The monoisotopic (exact) mass is 373 g/mol. The summed E-state index contributed by atoms with van der Waals surface area (Å²) in [4.78, 5) is 12.2. The Balaban J connectivity index is 1.33. The normalized spacial score (nSPS) is 24.0. The molecule has 4 rings (SSSR count). The molecule has 0 radical (unpaired) electrons. The summed E-state index contributed by atoms with van der Waals surface area (Å²) < 4.78 is 11.3. The van der Waals surface area contributed by atoms with Gasteiger partial charge in [-0.3, -0.25) is 4.79 Å². The Morgan fingerprint density at radius 1 is 1.31 bits per heavy atom. The number of rotatable bonds is 7. The molecule has 2 fully saturated rings. The highest BCUT2D eigenvalue weighted by Gasteiger charge is 2.40. The fourth-order valence-electron chi connectivity index (χ4n) is 4.10. The summed E-state index contributed by atoms with van der Waals surface area (Å²) in [6.07, 6.45) is 5.01. The van der Waals surface area contributed by atoms with Crippen LogP contribution in [0, 0.1) is 11.8 Å². The molecule has 0 spiro atoms. The number of carbonyl (C=O) groups excluding carboxylic acids is 1. The third-order valence-electron chi connectivity index (χ3n) is 5.23. The van der Waals surface area contributed by atoms with Crippen LogP contribution in [-0.2, 0) is 4.79 Å². The van der Waals surface area contributed by atoms with Gasteiger partial charge in [0.1, 0.15) is 5.75 Å². The minimum Gasteiger partial charge on any atom is -0.493 e. The van der Waals surface area contributed by atoms with Crippen LogP contribution in [0.5, 0.6) is 5.75 Å². The van der Waals surface area contributed by atoms with Gasteiger partial charge in [0, 0.05) is 6.04 Å². The van der Waals surface area contributed by atoms with E-state index in [4.69, 9.17) is 9.15 Å². The Labute approximate surface area is 157 Å². The number of carbonyl (C=O) groups is 1. The predicted octanol–water partition coefficient (Wildman–Crippen LogP) is 3.53. The van der Waals surface area contributed by atoms with Crippen LogP contribution in [0.3, 0.4) is 0 Å². The molecule has 1 aromatic heterocycles. The van der Waals surface area contributed by atoms with Crippen LogP contribution >= 0.6 is 11.8 Å². The largest absolute Gasteiger partial charge is 0.493 e. The molecular formula is C19H23N3O3S. The first kappa shape index (κ1) is 17.4. The van der Waals surface area contributed by atoms with E-state index < -0.39 is 0 Å². The van der Waals surface area contributed by atoms with E-state index in [1.54, 1.807) is 0 Å². The highest BCUT2D eigenvalue weighted by atomic mass is 32.2. The Bertz CT molecular complexity index is 779. The first-order valence-corrected chi connectivity index (χ1v) is 10.2. The lowest BCUT2D eigenvalue weighted by atomic mass is 9.95. The number of aromatic nitrogens is 2. The van der Waals surface area contributed by atoms with Crippen LogP contribution in [0.2, 0.25) is 0 Å². The van der Waals surface area contributed by atoms with Crippen LogP contribution in [0.15, 0.2) is 33.9 Å². The fourth-order valence-corrected chi connectivity index (χ4v) is 4.67. The van der Waals surface area contributed by atoms with Gasteiger partial charge in [-0.1, -0.05) is 30.3 Å². The molecule has 3 atom stereocenters. The lowest BCUT2D eigenvalue weighted by molar-refractivity contribution is -0.119. The molecule has 2 bridgehead atoms. The SMILES string of the molecule is CCOc1ccccc1-c1nnc(SCC(=O)N[C@H]2C[C@H]3CC[C@H]2C3)o1. The molecule has 6 nitrogen and oxygen atoms in total. The third-order valence-corrected chi connectivity index (χ3v) is 6.05. The van der Waals surface area contributed by atoms with Crippen LogP contribution < -0.4 is 10.1 Å². The summed E-state index contributed by atoms with van der Waals surface area (Å²) in [7, 11) is 0. The van der Waals surface area contributed by atoms with Crippen molar-refractivity contribution in [2.75, 3.05) is 12.4 Å². The Morgan fingerprint density at radius 3 is 2.96 bits per heavy atom. The number of para-hydroxylation sites is 1. The minimum atomic E-state index is 0.0435. The lowest BCUT2D eigenvalue weighted by Crippen LogP contribution is -2.39. The summed E-state index contributed by atoms with van der Waals surface area (Å²) in [6.45, 7) is 2.50. The van der Waals surface area contributed by atoms with E-state index in [0.717, 1.165) is 17.9 Å². The van der Waals surface area contributed by atoms with Gasteiger partial charge >= 0.3 is 0 Å². The zero-order chi connectivity index (χ0) is 17.9. The van der Waals surface area contributed by atoms with Gasteiger partial charge in [0.2, 0.25) is 5.91 Å². The molecule has 0 saturated heterocycles. The van der Waals surface area contributed by atoms with Gasteiger partial charge in [-0.25, -0.2) is 0 Å². The third kappa shape index (κ3) is 3.72. The second-order valence-corrected chi connectivity index (χ2v) is 7.87. The number of hydrogen-bond donors (Lipinski definition) is 1. The second kappa shape index (κ2) is 7.70. The topological polar surface area (TPSA) is 77.2 Å². The van der Waals surface area contributed by atoms with Crippen LogP contribution in [0.4, 0.5) is 0 Å². The van der Waals surface area contributed by atoms with Gasteiger partial charge in [-0.2, -0.15) is 0 Å². The van der Waals surface area contributed by atoms with Crippen LogP contribution in [0.25, 0.3) is 11.5 Å². The summed E-state index contributed by atoms with van der Waals surface area (Å²) in [6, 6.07) is 7.92. The molecular weight excluding hydrogens is 350 g/mol. The van der Waals surface area contributed by atoms with Crippen molar-refractivity contribution < 1.29 is 13.9 Å². The van der Waals surface area contributed by atoms with Gasteiger partial charge in [0.25, 0.3) is 11.1 Å². The van der Waals surface area contributed by atoms with Gasteiger partial charge in [-0.05, 0) is 50.2 Å². The van der Waals surface area contributed by atoms with Crippen LogP contribution in [0.1, 0.15) is 32.6 Å². The van der Waals surface area contributed by atoms with Crippen molar-refractivity contribution >= 4 is 17.7 Å².